The number of hydrogen-bond acceptors (Lipinski definition) is 4. The number of nitrogens with one attached hydrogen (secondary N) is 1. The highest BCUT2D eigenvalue weighted by atomic mass is 32.1. The largest absolute Gasteiger partial charge is 0.308 e. The Morgan fingerprint density at radius 2 is 2.00 bits per heavy atom. The summed E-state index contributed by atoms with van der Waals surface area (Å²) < 4.78 is 0. The van der Waals surface area contributed by atoms with E-state index >= 15 is 0 Å². The van der Waals surface area contributed by atoms with Crippen molar-refractivity contribution in [1.29, 1.82) is 0 Å². The number of aryl methyl sites for hydroxylation is 1. The molecule has 0 radical (unpaired) electrons. The molecule has 20 heavy (non-hydrogen) atoms. The van der Waals surface area contributed by atoms with Gasteiger partial charge < -0.3 is 10.2 Å². The van der Waals surface area contributed by atoms with E-state index in [-0.39, 0.29) is 0 Å². The van der Waals surface area contributed by atoms with Crippen molar-refractivity contribution in [2.24, 2.45) is 0 Å². The fourth-order valence-electron chi connectivity index (χ4n) is 2.22. The van der Waals surface area contributed by atoms with E-state index in [2.05, 4.69) is 67.8 Å². The highest BCUT2D eigenvalue weighted by Crippen LogP contribution is 2.26. The molecule has 2 unspecified atom stereocenters. The van der Waals surface area contributed by atoms with Crippen LogP contribution < -0.4 is 5.32 Å². The molecule has 4 heteroatoms. The SMILES string of the molecule is CCc1ccc(C(C)NCC(c2cccs2)N(C)C)s1. The number of rotatable bonds is 7. The minimum absolute atomic E-state index is 0.419. The molecule has 2 aromatic rings. The van der Waals surface area contributed by atoms with Crippen LogP contribution in [0, 0.1) is 0 Å². The van der Waals surface area contributed by atoms with Gasteiger partial charge >= 0.3 is 0 Å². The molecule has 0 fully saturated rings. The van der Waals surface area contributed by atoms with Gasteiger partial charge in [0, 0.05) is 27.2 Å². The maximum absolute atomic E-state index is 3.68. The molecule has 2 atom stereocenters. The molecule has 0 amide bonds. The van der Waals surface area contributed by atoms with E-state index in [1.54, 1.807) is 0 Å². The lowest BCUT2D eigenvalue weighted by molar-refractivity contribution is 0.286. The quantitative estimate of drug-likeness (QED) is 0.819. The first kappa shape index (κ1) is 15.7. The van der Waals surface area contributed by atoms with E-state index in [1.807, 2.05) is 22.7 Å². The summed E-state index contributed by atoms with van der Waals surface area (Å²) in [5, 5.41) is 5.84. The molecule has 2 nitrogen and oxygen atoms in total. The fraction of sp³-hybridized carbons (Fsp3) is 0.500. The molecule has 0 aromatic carbocycles. The van der Waals surface area contributed by atoms with Gasteiger partial charge in [0.1, 0.15) is 0 Å². The molecule has 110 valence electrons. The number of likely N-dealkylation sites (N-methyl/N-ethyl adjacent to an activating group) is 1. The van der Waals surface area contributed by atoms with Gasteiger partial charge in [-0.1, -0.05) is 13.0 Å². The first-order chi connectivity index (χ1) is 9.61. The Labute approximate surface area is 130 Å². The Kier molecular flexibility index (Phi) is 5.78. The molecule has 0 aliphatic rings. The molecule has 1 N–H and O–H groups in total. The van der Waals surface area contributed by atoms with Crippen LogP contribution in [-0.4, -0.2) is 25.5 Å². The van der Waals surface area contributed by atoms with Crippen LogP contribution >= 0.6 is 22.7 Å². The van der Waals surface area contributed by atoms with E-state index in [9.17, 15) is 0 Å². The van der Waals surface area contributed by atoms with Gasteiger partial charge in [0.15, 0.2) is 0 Å². The summed E-state index contributed by atoms with van der Waals surface area (Å²) in [6.45, 7) is 5.45. The molecule has 2 rings (SSSR count). The van der Waals surface area contributed by atoms with Gasteiger partial charge in [-0.05, 0) is 51.0 Å². The van der Waals surface area contributed by atoms with Gasteiger partial charge in [-0.15, -0.1) is 22.7 Å². The van der Waals surface area contributed by atoms with Gasteiger partial charge in [-0.2, -0.15) is 0 Å². The summed E-state index contributed by atoms with van der Waals surface area (Å²) >= 11 is 3.76. The Balaban J connectivity index is 1.95. The highest BCUT2D eigenvalue weighted by Gasteiger charge is 2.17. The summed E-state index contributed by atoms with van der Waals surface area (Å²) in [6, 6.07) is 9.73. The summed E-state index contributed by atoms with van der Waals surface area (Å²) in [4.78, 5) is 6.62. The summed E-state index contributed by atoms with van der Waals surface area (Å²) in [5.74, 6) is 0. The predicted molar refractivity (Wildman–Crippen MR) is 90.9 cm³/mol. The summed E-state index contributed by atoms with van der Waals surface area (Å²) in [7, 11) is 4.30. The average Bonchev–Trinajstić information content (AvgIpc) is 3.09. The van der Waals surface area contributed by atoms with Crippen molar-refractivity contribution in [2.75, 3.05) is 20.6 Å². The Morgan fingerprint density at radius 3 is 2.55 bits per heavy atom. The van der Waals surface area contributed by atoms with Crippen LogP contribution in [0.25, 0.3) is 0 Å². The minimum atomic E-state index is 0.419. The average molecular weight is 309 g/mol. The minimum Gasteiger partial charge on any atom is -0.308 e. The zero-order chi connectivity index (χ0) is 14.5. The number of nitrogens with zero attached hydrogens (tertiary/aromatic N) is 1. The van der Waals surface area contributed by atoms with E-state index in [0.29, 0.717) is 12.1 Å². The van der Waals surface area contributed by atoms with Gasteiger partial charge in [0.2, 0.25) is 0 Å². The Morgan fingerprint density at radius 1 is 1.20 bits per heavy atom. The lowest BCUT2D eigenvalue weighted by Gasteiger charge is -2.25. The Bertz CT molecular complexity index is 502. The van der Waals surface area contributed by atoms with E-state index in [0.717, 1.165) is 13.0 Å². The number of hydrogen-bond donors (Lipinski definition) is 1. The lowest BCUT2D eigenvalue weighted by atomic mass is 10.2. The molecule has 2 aromatic heterocycles. The van der Waals surface area contributed by atoms with Crippen LogP contribution in [0.5, 0.6) is 0 Å². The van der Waals surface area contributed by atoms with Crippen LogP contribution in [0.4, 0.5) is 0 Å². The molecule has 0 saturated carbocycles. The molecule has 0 spiro atoms. The maximum Gasteiger partial charge on any atom is 0.0561 e. The zero-order valence-corrected chi connectivity index (χ0v) is 14.4. The van der Waals surface area contributed by atoms with Gasteiger partial charge in [0.25, 0.3) is 0 Å². The van der Waals surface area contributed by atoms with Gasteiger partial charge in [-0.25, -0.2) is 0 Å². The number of thiophene rings is 2. The zero-order valence-electron chi connectivity index (χ0n) is 12.7. The third-order valence-corrected chi connectivity index (χ3v) is 5.96. The van der Waals surface area contributed by atoms with Crippen molar-refractivity contribution in [3.05, 3.63) is 44.3 Å². The van der Waals surface area contributed by atoms with Crippen LogP contribution in [0.1, 0.15) is 40.6 Å². The summed E-state index contributed by atoms with van der Waals surface area (Å²) in [6.07, 6.45) is 1.13. The Hall–Kier alpha value is -0.680. The van der Waals surface area contributed by atoms with Gasteiger partial charge in [0.05, 0.1) is 6.04 Å². The topological polar surface area (TPSA) is 15.3 Å². The van der Waals surface area contributed by atoms with Crippen molar-refractivity contribution in [3.8, 4) is 0 Å². The van der Waals surface area contributed by atoms with E-state index in [4.69, 9.17) is 0 Å². The molecule has 2 heterocycles. The molecule has 0 aliphatic heterocycles. The third-order valence-electron chi connectivity index (χ3n) is 3.57. The summed E-state index contributed by atoms with van der Waals surface area (Å²) in [5.41, 5.74) is 0. The predicted octanol–water partition coefficient (Wildman–Crippen LogP) is 4.33. The third kappa shape index (κ3) is 3.92. The fourth-order valence-corrected chi connectivity index (χ4v) is 4.13. The molecular formula is C16H24N2S2. The first-order valence-electron chi connectivity index (χ1n) is 7.13. The monoisotopic (exact) mass is 308 g/mol. The van der Waals surface area contributed by atoms with Crippen molar-refractivity contribution in [1.82, 2.24) is 10.2 Å². The molecular weight excluding hydrogens is 284 g/mol. The van der Waals surface area contributed by atoms with Crippen LogP contribution in [0.2, 0.25) is 0 Å². The van der Waals surface area contributed by atoms with Crippen LogP contribution in [0.15, 0.2) is 29.6 Å². The second kappa shape index (κ2) is 7.36. The first-order valence-corrected chi connectivity index (χ1v) is 8.83. The van der Waals surface area contributed by atoms with Gasteiger partial charge in [-0.3, -0.25) is 0 Å². The lowest BCUT2D eigenvalue weighted by Crippen LogP contribution is -2.31. The van der Waals surface area contributed by atoms with Crippen molar-refractivity contribution in [2.45, 2.75) is 32.4 Å². The van der Waals surface area contributed by atoms with Crippen LogP contribution in [0.3, 0.4) is 0 Å². The standard InChI is InChI=1S/C16H24N2S2/c1-5-13-8-9-15(20-13)12(2)17-11-14(18(3)4)16-7-6-10-19-16/h6-10,12,14,17H,5,11H2,1-4H3. The van der Waals surface area contributed by atoms with E-state index in [1.165, 1.54) is 14.6 Å². The second-order valence-electron chi connectivity index (χ2n) is 5.28. The van der Waals surface area contributed by atoms with Crippen molar-refractivity contribution < 1.29 is 0 Å². The highest BCUT2D eigenvalue weighted by molar-refractivity contribution is 7.12. The van der Waals surface area contributed by atoms with Crippen LogP contribution in [-0.2, 0) is 6.42 Å². The maximum atomic E-state index is 3.68. The van der Waals surface area contributed by atoms with Crippen molar-refractivity contribution in [3.63, 3.8) is 0 Å². The van der Waals surface area contributed by atoms with Crippen molar-refractivity contribution >= 4 is 22.7 Å². The van der Waals surface area contributed by atoms with E-state index < -0.39 is 0 Å². The normalized spacial score (nSPS) is 14.7. The second-order valence-corrected chi connectivity index (χ2v) is 7.46. The molecule has 0 aliphatic carbocycles. The smallest absolute Gasteiger partial charge is 0.0561 e. The molecule has 0 bridgehead atoms. The molecule has 0 saturated heterocycles.